The predicted octanol–water partition coefficient (Wildman–Crippen LogP) is 2.98. The summed E-state index contributed by atoms with van der Waals surface area (Å²) in [6.45, 7) is -0.0336. The molecule has 2 aromatic rings. The maximum Gasteiger partial charge on any atom is 0.266 e. The lowest BCUT2D eigenvalue weighted by molar-refractivity contribution is -0.118. The maximum absolute atomic E-state index is 13.4. The van der Waals surface area contributed by atoms with E-state index in [1.807, 2.05) is 0 Å². The third kappa shape index (κ3) is 3.89. The number of likely N-dealkylation sites (N-methyl/N-ethyl adjacent to an activating group) is 1. The zero-order valence-electron chi connectivity index (χ0n) is 12.7. The minimum Gasteiger partial charge on any atom is -0.374 e. The molecular formula is C16H15F3N4O. The van der Waals surface area contributed by atoms with Gasteiger partial charge in [0, 0.05) is 25.0 Å². The van der Waals surface area contributed by atoms with Gasteiger partial charge in [-0.2, -0.15) is 0 Å². The Hall–Kier alpha value is -2.90. The number of pyridine rings is 1. The number of hydrogen-bond acceptors (Lipinski definition) is 4. The Morgan fingerprint density at radius 2 is 2.08 bits per heavy atom. The van der Waals surface area contributed by atoms with Gasteiger partial charge in [0.1, 0.15) is 11.5 Å². The number of anilines is 1. The number of nitrogens with zero attached hydrogens (tertiary/aromatic N) is 1. The van der Waals surface area contributed by atoms with Crippen molar-refractivity contribution in [3.05, 3.63) is 47.5 Å². The second-order valence-electron chi connectivity index (χ2n) is 4.86. The van der Waals surface area contributed by atoms with E-state index in [1.165, 1.54) is 19.3 Å². The van der Waals surface area contributed by atoms with E-state index in [9.17, 15) is 18.0 Å². The van der Waals surface area contributed by atoms with E-state index < -0.39 is 17.8 Å². The van der Waals surface area contributed by atoms with Gasteiger partial charge < -0.3 is 16.0 Å². The molecule has 1 amide bonds. The first-order valence-corrected chi connectivity index (χ1v) is 6.99. The van der Waals surface area contributed by atoms with Crippen molar-refractivity contribution in [3.63, 3.8) is 0 Å². The summed E-state index contributed by atoms with van der Waals surface area (Å²) in [5.41, 5.74) is 0.817. The van der Waals surface area contributed by atoms with Crippen molar-refractivity contribution in [1.82, 2.24) is 10.3 Å². The number of nitrogens with one attached hydrogen (secondary N) is 3. The van der Waals surface area contributed by atoms with Gasteiger partial charge in [-0.1, -0.05) is 6.07 Å². The van der Waals surface area contributed by atoms with Crippen LogP contribution in [0.1, 0.15) is 17.7 Å². The molecule has 0 fully saturated rings. The third-order valence-electron chi connectivity index (χ3n) is 3.34. The quantitative estimate of drug-likeness (QED) is 0.710. The van der Waals surface area contributed by atoms with E-state index in [2.05, 4.69) is 15.6 Å². The minimum absolute atomic E-state index is 0.0336. The van der Waals surface area contributed by atoms with Crippen LogP contribution in [-0.4, -0.2) is 30.7 Å². The minimum atomic E-state index is -2.93. The fourth-order valence-corrected chi connectivity index (χ4v) is 2.04. The van der Waals surface area contributed by atoms with Crippen molar-refractivity contribution in [2.24, 2.45) is 0 Å². The van der Waals surface area contributed by atoms with Crippen LogP contribution in [0.15, 0.2) is 30.5 Å². The molecule has 3 N–H and O–H groups in total. The molecule has 8 heteroatoms. The number of hydrogen-bond donors (Lipinski definition) is 3. The molecule has 0 saturated carbocycles. The molecule has 0 bridgehead atoms. The molecule has 0 spiro atoms. The Labute approximate surface area is 136 Å². The topological polar surface area (TPSA) is 77.9 Å². The van der Waals surface area contributed by atoms with Crippen molar-refractivity contribution >= 4 is 17.8 Å². The molecule has 0 aliphatic heterocycles. The van der Waals surface area contributed by atoms with Gasteiger partial charge in [0.05, 0.1) is 17.8 Å². The van der Waals surface area contributed by atoms with Crippen molar-refractivity contribution in [3.8, 4) is 11.1 Å². The standard InChI is InChI=1S/C16H15F3N4O/c1-21-15(24)8-23-13-5-10(7-22-14(13)6-20)9-2-3-12(17)11(4-9)16(18)19/h2-7,16,20,23H,8H2,1H3,(H,21,24). The van der Waals surface area contributed by atoms with Gasteiger partial charge in [0.2, 0.25) is 5.91 Å². The molecule has 0 radical (unpaired) electrons. The lowest BCUT2D eigenvalue weighted by atomic mass is 10.0. The first-order chi connectivity index (χ1) is 11.5. The van der Waals surface area contributed by atoms with Crippen molar-refractivity contribution in [1.29, 1.82) is 5.41 Å². The molecule has 24 heavy (non-hydrogen) atoms. The van der Waals surface area contributed by atoms with Crippen LogP contribution in [0.2, 0.25) is 0 Å². The summed E-state index contributed by atoms with van der Waals surface area (Å²) in [6, 6.07) is 4.96. The van der Waals surface area contributed by atoms with Gasteiger partial charge in [-0.15, -0.1) is 0 Å². The lowest BCUT2D eigenvalue weighted by Crippen LogP contribution is -2.26. The highest BCUT2D eigenvalue weighted by Crippen LogP contribution is 2.29. The number of carbonyl (C=O) groups is 1. The summed E-state index contributed by atoms with van der Waals surface area (Å²) in [4.78, 5) is 15.4. The van der Waals surface area contributed by atoms with Gasteiger partial charge in [-0.25, -0.2) is 13.2 Å². The Morgan fingerprint density at radius 3 is 2.71 bits per heavy atom. The molecule has 0 atom stereocenters. The number of amides is 1. The summed E-state index contributed by atoms with van der Waals surface area (Å²) in [5, 5.41) is 12.6. The van der Waals surface area contributed by atoms with Crippen LogP contribution in [0.5, 0.6) is 0 Å². The van der Waals surface area contributed by atoms with E-state index in [1.54, 1.807) is 6.07 Å². The number of carbonyl (C=O) groups excluding carboxylic acids is 1. The van der Waals surface area contributed by atoms with Crippen LogP contribution in [0.4, 0.5) is 18.9 Å². The summed E-state index contributed by atoms with van der Waals surface area (Å²) in [7, 11) is 1.49. The first kappa shape index (κ1) is 17.5. The van der Waals surface area contributed by atoms with Crippen molar-refractivity contribution in [2.75, 3.05) is 18.9 Å². The summed E-state index contributed by atoms with van der Waals surface area (Å²) >= 11 is 0. The second-order valence-corrected chi connectivity index (χ2v) is 4.86. The van der Waals surface area contributed by atoms with Crippen LogP contribution >= 0.6 is 0 Å². The fraction of sp³-hybridized carbons (Fsp3) is 0.188. The van der Waals surface area contributed by atoms with E-state index in [-0.39, 0.29) is 12.5 Å². The van der Waals surface area contributed by atoms with E-state index >= 15 is 0 Å². The van der Waals surface area contributed by atoms with Gasteiger partial charge in [0.25, 0.3) is 6.43 Å². The molecule has 1 heterocycles. The molecule has 0 aliphatic rings. The molecule has 126 valence electrons. The second kappa shape index (κ2) is 7.58. The van der Waals surface area contributed by atoms with E-state index in [0.29, 0.717) is 22.5 Å². The molecule has 5 nitrogen and oxygen atoms in total. The molecular weight excluding hydrogens is 321 g/mol. The Bertz CT molecular complexity index is 765. The number of alkyl halides is 2. The number of rotatable bonds is 6. The van der Waals surface area contributed by atoms with Crippen molar-refractivity contribution < 1.29 is 18.0 Å². The van der Waals surface area contributed by atoms with Gasteiger partial charge in [-0.05, 0) is 23.8 Å². The zero-order valence-corrected chi connectivity index (χ0v) is 12.7. The normalized spacial score (nSPS) is 10.5. The number of aromatic nitrogens is 1. The smallest absolute Gasteiger partial charge is 0.266 e. The predicted molar refractivity (Wildman–Crippen MR) is 85.0 cm³/mol. The monoisotopic (exact) mass is 336 g/mol. The number of benzene rings is 1. The first-order valence-electron chi connectivity index (χ1n) is 6.99. The maximum atomic E-state index is 13.4. The van der Waals surface area contributed by atoms with Crippen molar-refractivity contribution in [2.45, 2.75) is 6.43 Å². The highest BCUT2D eigenvalue weighted by Gasteiger charge is 2.15. The molecule has 0 unspecified atom stereocenters. The average molecular weight is 336 g/mol. The van der Waals surface area contributed by atoms with Crippen LogP contribution < -0.4 is 10.6 Å². The van der Waals surface area contributed by atoms with Crippen LogP contribution in [0.3, 0.4) is 0 Å². The molecule has 1 aromatic heterocycles. The highest BCUT2D eigenvalue weighted by atomic mass is 19.3. The van der Waals surface area contributed by atoms with Crippen LogP contribution in [-0.2, 0) is 4.79 Å². The van der Waals surface area contributed by atoms with E-state index in [4.69, 9.17) is 5.41 Å². The Balaban J connectivity index is 2.39. The molecule has 0 aliphatic carbocycles. The highest BCUT2D eigenvalue weighted by molar-refractivity contribution is 5.87. The Kier molecular flexibility index (Phi) is 5.51. The van der Waals surface area contributed by atoms with Gasteiger partial charge >= 0.3 is 0 Å². The number of halogens is 3. The summed E-state index contributed by atoms with van der Waals surface area (Å²) < 4.78 is 39.1. The molecule has 1 aromatic carbocycles. The summed E-state index contributed by atoms with van der Waals surface area (Å²) in [5.74, 6) is -1.24. The SMILES string of the molecule is CNC(=O)CNc1cc(-c2ccc(F)c(C(F)F)c2)cnc1C=N. The average Bonchev–Trinajstić information content (AvgIpc) is 2.59. The van der Waals surface area contributed by atoms with Crippen LogP contribution in [0.25, 0.3) is 11.1 Å². The largest absolute Gasteiger partial charge is 0.374 e. The lowest BCUT2D eigenvalue weighted by Gasteiger charge is -2.11. The third-order valence-corrected chi connectivity index (χ3v) is 3.34. The van der Waals surface area contributed by atoms with E-state index in [0.717, 1.165) is 18.3 Å². The fourth-order valence-electron chi connectivity index (χ4n) is 2.04. The van der Waals surface area contributed by atoms with Gasteiger partial charge in [0.15, 0.2) is 0 Å². The van der Waals surface area contributed by atoms with Crippen LogP contribution in [0, 0.1) is 11.2 Å². The molecule has 2 rings (SSSR count). The van der Waals surface area contributed by atoms with Gasteiger partial charge in [-0.3, -0.25) is 9.78 Å². The zero-order chi connectivity index (χ0) is 17.7. The summed E-state index contributed by atoms with van der Waals surface area (Å²) in [6.07, 6.45) is -0.524. The molecule has 0 saturated heterocycles. The Morgan fingerprint density at radius 1 is 1.33 bits per heavy atom.